The monoisotopic (exact) mass is 478 g/mol. The highest BCUT2D eigenvalue weighted by atomic mass is 35.5. The Labute approximate surface area is 195 Å². The van der Waals surface area contributed by atoms with Gasteiger partial charge < -0.3 is 14.4 Å². The van der Waals surface area contributed by atoms with Gasteiger partial charge in [-0.05, 0) is 45.0 Å². The van der Waals surface area contributed by atoms with Crippen LogP contribution in [0.5, 0.6) is 5.75 Å². The molecule has 1 heterocycles. The molecule has 0 spiro atoms. The number of carbonyl (C=O) groups excluding carboxylic acids is 1. The van der Waals surface area contributed by atoms with E-state index in [0.29, 0.717) is 0 Å². The molecule has 7 nitrogen and oxygen atoms in total. The number of nitrogens with one attached hydrogen (secondary N) is 2. The summed E-state index contributed by atoms with van der Waals surface area (Å²) in [7, 11) is 1.34. The molecule has 1 amide bonds. The quantitative estimate of drug-likeness (QED) is 0.471. The fourth-order valence-electron chi connectivity index (χ4n) is 3.45. The molecule has 2 aromatic rings. The van der Waals surface area contributed by atoms with Gasteiger partial charge in [0.25, 0.3) is 0 Å². The molecule has 3 rings (SSSR count). The summed E-state index contributed by atoms with van der Waals surface area (Å²) in [5.74, 6) is -1.58. The van der Waals surface area contributed by atoms with Gasteiger partial charge >= 0.3 is 6.09 Å². The Kier molecular flexibility index (Phi) is 6.92. The van der Waals surface area contributed by atoms with Crippen LogP contribution in [-0.4, -0.2) is 59.9 Å². The van der Waals surface area contributed by atoms with Gasteiger partial charge in [0.1, 0.15) is 34.7 Å². The number of carbonyl (C=O) groups is 1. The third kappa shape index (κ3) is 5.24. The van der Waals surface area contributed by atoms with Gasteiger partial charge in [0.2, 0.25) is 0 Å². The normalized spacial score (nSPS) is 14.3. The molecule has 0 bridgehead atoms. The standard InChI is InChI=1S/C23H25ClF2N4O3/c1-23(2,3)33-22(31)29-8-9-30(18(27)12-29)21(28)13-10-14(24)19(16(26)11-13)20-15(25)6-5-7-17(20)32-4/h5-7,10-11,27-28H,8-9,12H2,1-4H3. The van der Waals surface area contributed by atoms with E-state index in [1.807, 2.05) is 0 Å². The Morgan fingerprint density at radius 2 is 1.82 bits per heavy atom. The van der Waals surface area contributed by atoms with Crippen LogP contribution in [0.3, 0.4) is 0 Å². The van der Waals surface area contributed by atoms with Crippen molar-refractivity contribution >= 4 is 29.4 Å². The van der Waals surface area contributed by atoms with Crippen LogP contribution in [0.2, 0.25) is 5.02 Å². The number of piperazine rings is 1. The molecule has 0 aromatic heterocycles. The summed E-state index contributed by atoms with van der Waals surface area (Å²) in [6.45, 7) is 5.57. The highest BCUT2D eigenvalue weighted by Crippen LogP contribution is 2.39. The first-order valence-corrected chi connectivity index (χ1v) is 10.5. The van der Waals surface area contributed by atoms with Gasteiger partial charge in [-0.25, -0.2) is 13.6 Å². The van der Waals surface area contributed by atoms with Crippen LogP contribution in [0, 0.1) is 22.5 Å². The van der Waals surface area contributed by atoms with Gasteiger partial charge in [0.05, 0.1) is 24.2 Å². The van der Waals surface area contributed by atoms with Crippen LogP contribution in [0.1, 0.15) is 26.3 Å². The van der Waals surface area contributed by atoms with E-state index >= 15 is 4.39 Å². The van der Waals surface area contributed by atoms with Crippen LogP contribution >= 0.6 is 11.6 Å². The number of amides is 1. The van der Waals surface area contributed by atoms with Crippen LogP contribution in [0.25, 0.3) is 11.1 Å². The number of ether oxygens (including phenoxy) is 2. The maximum atomic E-state index is 15.1. The first-order valence-electron chi connectivity index (χ1n) is 10.2. The van der Waals surface area contributed by atoms with Gasteiger partial charge in [0, 0.05) is 24.2 Å². The zero-order valence-corrected chi connectivity index (χ0v) is 19.5. The van der Waals surface area contributed by atoms with Crippen molar-refractivity contribution in [2.45, 2.75) is 26.4 Å². The number of rotatable bonds is 3. The molecule has 0 saturated carbocycles. The number of nitrogens with zero attached hydrogens (tertiary/aromatic N) is 2. The molecule has 1 saturated heterocycles. The largest absolute Gasteiger partial charge is 0.496 e. The minimum Gasteiger partial charge on any atom is -0.496 e. The molecule has 33 heavy (non-hydrogen) atoms. The fourth-order valence-corrected chi connectivity index (χ4v) is 3.75. The van der Waals surface area contributed by atoms with Crippen molar-refractivity contribution < 1.29 is 23.0 Å². The Morgan fingerprint density at radius 1 is 1.12 bits per heavy atom. The maximum absolute atomic E-state index is 15.1. The van der Waals surface area contributed by atoms with Crippen molar-refractivity contribution in [1.82, 2.24) is 9.80 Å². The highest BCUT2D eigenvalue weighted by Gasteiger charge is 2.31. The second-order valence-electron chi connectivity index (χ2n) is 8.48. The predicted octanol–water partition coefficient (Wildman–Crippen LogP) is 5.15. The first-order chi connectivity index (χ1) is 15.4. The second-order valence-corrected chi connectivity index (χ2v) is 8.89. The van der Waals surface area contributed by atoms with E-state index in [2.05, 4.69) is 0 Å². The van der Waals surface area contributed by atoms with E-state index in [9.17, 15) is 9.18 Å². The summed E-state index contributed by atoms with van der Waals surface area (Å²) in [6, 6.07) is 6.53. The number of benzene rings is 2. The van der Waals surface area contributed by atoms with E-state index in [0.717, 1.165) is 6.07 Å². The summed E-state index contributed by atoms with van der Waals surface area (Å²) in [5, 5.41) is 16.7. The van der Waals surface area contributed by atoms with E-state index in [-0.39, 0.29) is 58.8 Å². The maximum Gasteiger partial charge on any atom is 0.410 e. The predicted molar refractivity (Wildman–Crippen MR) is 122 cm³/mol. The molecule has 1 aliphatic heterocycles. The molecule has 0 unspecified atom stereocenters. The Bertz CT molecular complexity index is 1090. The lowest BCUT2D eigenvalue weighted by Gasteiger charge is -2.37. The lowest BCUT2D eigenvalue weighted by molar-refractivity contribution is 0.0254. The van der Waals surface area contributed by atoms with Crippen molar-refractivity contribution in [3.8, 4) is 16.9 Å². The van der Waals surface area contributed by atoms with E-state index in [1.165, 1.54) is 41.2 Å². The summed E-state index contributed by atoms with van der Waals surface area (Å²) in [4.78, 5) is 15.0. The van der Waals surface area contributed by atoms with Crippen molar-refractivity contribution in [2.24, 2.45) is 0 Å². The third-order valence-corrected chi connectivity index (χ3v) is 5.24. The van der Waals surface area contributed by atoms with Crippen LogP contribution in [-0.2, 0) is 4.74 Å². The van der Waals surface area contributed by atoms with Crippen molar-refractivity contribution in [1.29, 1.82) is 10.8 Å². The van der Waals surface area contributed by atoms with Gasteiger partial charge in [-0.2, -0.15) is 0 Å². The molecular weight excluding hydrogens is 454 g/mol. The fraction of sp³-hybridized carbons (Fsp3) is 0.348. The minimum atomic E-state index is -0.829. The molecule has 0 atom stereocenters. The van der Waals surface area contributed by atoms with Crippen molar-refractivity contribution in [2.75, 3.05) is 26.7 Å². The molecule has 176 valence electrons. The zero-order valence-electron chi connectivity index (χ0n) is 18.8. The summed E-state index contributed by atoms with van der Waals surface area (Å²) >= 11 is 6.32. The van der Waals surface area contributed by atoms with Gasteiger partial charge in [-0.1, -0.05) is 17.7 Å². The van der Waals surface area contributed by atoms with Gasteiger partial charge in [-0.3, -0.25) is 15.7 Å². The molecule has 1 aliphatic rings. The van der Waals surface area contributed by atoms with Crippen molar-refractivity contribution in [3.05, 3.63) is 52.6 Å². The van der Waals surface area contributed by atoms with Gasteiger partial charge in [-0.15, -0.1) is 0 Å². The number of hydrogen-bond donors (Lipinski definition) is 2. The van der Waals surface area contributed by atoms with E-state index in [4.69, 9.17) is 31.9 Å². The molecule has 2 N–H and O–H groups in total. The van der Waals surface area contributed by atoms with Crippen molar-refractivity contribution in [3.63, 3.8) is 0 Å². The zero-order chi connectivity index (χ0) is 24.5. The first kappa shape index (κ1) is 24.4. The SMILES string of the molecule is COc1cccc(F)c1-c1c(F)cc(C(=N)N2CCN(C(=O)OC(C)(C)C)CC2=N)cc1Cl. The smallest absolute Gasteiger partial charge is 0.410 e. The molecular formula is C23H25ClF2N4O3. The average molecular weight is 479 g/mol. The van der Waals surface area contributed by atoms with Gasteiger partial charge in [0.15, 0.2) is 0 Å². The summed E-state index contributed by atoms with van der Waals surface area (Å²) in [6.07, 6.45) is -0.546. The number of halogens is 3. The molecule has 2 aromatic carbocycles. The lowest BCUT2D eigenvalue weighted by Crippen LogP contribution is -2.54. The molecule has 1 fully saturated rings. The summed E-state index contributed by atoms with van der Waals surface area (Å²) < 4.78 is 40.0. The Hall–Kier alpha value is -3.20. The summed E-state index contributed by atoms with van der Waals surface area (Å²) in [5.41, 5.74) is -0.834. The molecule has 0 aliphatic carbocycles. The number of hydrogen-bond acceptors (Lipinski definition) is 5. The average Bonchev–Trinajstić information content (AvgIpc) is 2.72. The molecule has 10 heteroatoms. The topological polar surface area (TPSA) is 89.7 Å². The third-order valence-electron chi connectivity index (χ3n) is 4.94. The minimum absolute atomic E-state index is 0.0199. The second kappa shape index (κ2) is 9.35. The van der Waals surface area contributed by atoms with E-state index in [1.54, 1.807) is 20.8 Å². The Morgan fingerprint density at radius 3 is 2.39 bits per heavy atom. The van der Waals surface area contributed by atoms with Crippen LogP contribution in [0.15, 0.2) is 30.3 Å². The number of amidine groups is 2. The number of methoxy groups -OCH3 is 1. The lowest BCUT2D eigenvalue weighted by atomic mass is 10.0. The van der Waals surface area contributed by atoms with Crippen LogP contribution in [0.4, 0.5) is 13.6 Å². The van der Waals surface area contributed by atoms with Crippen LogP contribution < -0.4 is 4.74 Å². The van der Waals surface area contributed by atoms with E-state index < -0.39 is 23.3 Å². The Balaban J connectivity index is 1.84. The molecule has 0 radical (unpaired) electrons. The highest BCUT2D eigenvalue weighted by molar-refractivity contribution is 6.34.